The van der Waals surface area contributed by atoms with Gasteiger partial charge in [0, 0.05) is 4.47 Å². The third-order valence-electron chi connectivity index (χ3n) is 3.26. The number of nitrogens with one attached hydrogen (secondary N) is 1. The molecule has 0 aliphatic carbocycles. The molecule has 0 radical (unpaired) electrons. The molecule has 1 N–H and O–H groups in total. The van der Waals surface area contributed by atoms with Crippen LogP contribution in [-0.2, 0) is 0 Å². The molecule has 0 spiro atoms. The highest BCUT2D eigenvalue weighted by Gasteiger charge is 2.15. The van der Waals surface area contributed by atoms with Gasteiger partial charge in [-0.1, -0.05) is 40.2 Å². The van der Waals surface area contributed by atoms with E-state index in [1.165, 1.54) is 16.7 Å². The molecule has 0 heterocycles. The fourth-order valence-corrected chi connectivity index (χ4v) is 3.04. The van der Waals surface area contributed by atoms with Crippen molar-refractivity contribution in [2.45, 2.75) is 19.9 Å². The summed E-state index contributed by atoms with van der Waals surface area (Å²) in [6.45, 7) is 4.78. The number of halogens is 1. The largest absolute Gasteiger partial charge is 0.494 e. The molecule has 106 valence electrons. The summed E-state index contributed by atoms with van der Waals surface area (Å²) >= 11 is 3.66. The average Bonchev–Trinajstić information content (AvgIpc) is 2.43. The Balaban J connectivity index is 2.38. The lowest BCUT2D eigenvalue weighted by Crippen LogP contribution is -2.18. The average molecular weight is 334 g/mol. The lowest BCUT2D eigenvalue weighted by molar-refractivity contribution is 0.339. The third kappa shape index (κ3) is 3.41. The molecule has 0 saturated heterocycles. The van der Waals surface area contributed by atoms with Crippen LogP contribution in [0.15, 0.2) is 46.9 Å². The maximum absolute atomic E-state index is 5.59. The van der Waals surface area contributed by atoms with Crippen molar-refractivity contribution in [1.82, 2.24) is 5.32 Å². The molecule has 2 nitrogen and oxygen atoms in total. The van der Waals surface area contributed by atoms with Gasteiger partial charge in [-0.2, -0.15) is 0 Å². The highest BCUT2D eigenvalue weighted by Crippen LogP contribution is 2.30. The van der Waals surface area contributed by atoms with Crippen molar-refractivity contribution in [2.75, 3.05) is 13.7 Å². The van der Waals surface area contributed by atoms with Gasteiger partial charge in [0.2, 0.25) is 0 Å². The molecule has 0 amide bonds. The van der Waals surface area contributed by atoms with Crippen molar-refractivity contribution < 1.29 is 4.74 Å². The Kier molecular flexibility index (Phi) is 5.21. The Hall–Kier alpha value is -1.32. The van der Waals surface area contributed by atoms with E-state index in [2.05, 4.69) is 58.5 Å². The van der Waals surface area contributed by atoms with Gasteiger partial charge in [0.25, 0.3) is 0 Å². The molecule has 0 saturated carbocycles. The van der Waals surface area contributed by atoms with Gasteiger partial charge in [-0.15, -0.1) is 0 Å². The van der Waals surface area contributed by atoms with Gasteiger partial charge < -0.3 is 10.1 Å². The molecular formula is C17H20BrNO. The molecular weight excluding hydrogens is 314 g/mol. The van der Waals surface area contributed by atoms with Gasteiger partial charge in [-0.25, -0.2) is 0 Å². The molecule has 1 atom stereocenters. The monoisotopic (exact) mass is 333 g/mol. The lowest BCUT2D eigenvalue weighted by atomic mass is 9.98. The Bertz CT molecular complexity index is 583. The molecule has 0 aromatic heterocycles. The van der Waals surface area contributed by atoms with Crippen LogP contribution in [0.25, 0.3) is 0 Å². The van der Waals surface area contributed by atoms with Gasteiger partial charge in [-0.3, -0.25) is 0 Å². The van der Waals surface area contributed by atoms with Crippen molar-refractivity contribution >= 4 is 15.9 Å². The van der Waals surface area contributed by atoms with Crippen LogP contribution < -0.4 is 10.1 Å². The highest BCUT2D eigenvalue weighted by molar-refractivity contribution is 9.10. The van der Waals surface area contributed by atoms with Crippen LogP contribution in [0.5, 0.6) is 5.75 Å². The normalized spacial score (nSPS) is 12.2. The standard InChI is InChI=1S/C17H20BrNO/c1-4-20-14-7-5-6-13(11-14)17(19-3)15-9-8-12(2)10-16(15)18/h5-11,17,19H,4H2,1-3H3. The van der Waals surface area contributed by atoms with E-state index in [4.69, 9.17) is 4.74 Å². The van der Waals surface area contributed by atoms with Crippen LogP contribution in [-0.4, -0.2) is 13.7 Å². The predicted octanol–water partition coefficient (Wildman–Crippen LogP) is 4.47. The molecule has 2 aromatic carbocycles. The van der Waals surface area contributed by atoms with E-state index < -0.39 is 0 Å². The number of aryl methyl sites for hydroxylation is 1. The Morgan fingerprint density at radius 3 is 2.65 bits per heavy atom. The minimum Gasteiger partial charge on any atom is -0.494 e. The van der Waals surface area contributed by atoms with Gasteiger partial charge in [0.15, 0.2) is 0 Å². The molecule has 0 aliphatic rings. The second-order valence-electron chi connectivity index (χ2n) is 4.75. The van der Waals surface area contributed by atoms with Crippen molar-refractivity contribution in [3.63, 3.8) is 0 Å². The number of hydrogen-bond donors (Lipinski definition) is 1. The second kappa shape index (κ2) is 6.91. The highest BCUT2D eigenvalue weighted by atomic mass is 79.9. The Morgan fingerprint density at radius 2 is 2.00 bits per heavy atom. The zero-order valence-electron chi connectivity index (χ0n) is 12.1. The van der Waals surface area contributed by atoms with Crippen LogP contribution in [0.3, 0.4) is 0 Å². The zero-order valence-corrected chi connectivity index (χ0v) is 13.7. The molecule has 0 aliphatic heterocycles. The zero-order chi connectivity index (χ0) is 14.5. The summed E-state index contributed by atoms with van der Waals surface area (Å²) in [5, 5.41) is 3.38. The molecule has 2 aromatic rings. The molecule has 0 fully saturated rings. The summed E-state index contributed by atoms with van der Waals surface area (Å²) in [5.41, 5.74) is 3.67. The van der Waals surface area contributed by atoms with Crippen molar-refractivity contribution in [3.8, 4) is 5.75 Å². The van der Waals surface area contributed by atoms with E-state index in [1.807, 2.05) is 26.1 Å². The van der Waals surface area contributed by atoms with Gasteiger partial charge in [0.1, 0.15) is 5.75 Å². The maximum Gasteiger partial charge on any atom is 0.119 e. The SMILES string of the molecule is CCOc1cccc(C(NC)c2ccc(C)cc2Br)c1. The van der Waals surface area contributed by atoms with Crippen molar-refractivity contribution in [2.24, 2.45) is 0 Å². The van der Waals surface area contributed by atoms with Crippen LogP contribution in [0, 0.1) is 6.92 Å². The van der Waals surface area contributed by atoms with E-state index in [9.17, 15) is 0 Å². The van der Waals surface area contributed by atoms with E-state index in [1.54, 1.807) is 0 Å². The quantitative estimate of drug-likeness (QED) is 0.871. The summed E-state index contributed by atoms with van der Waals surface area (Å²) in [5.74, 6) is 0.911. The number of rotatable bonds is 5. The summed E-state index contributed by atoms with van der Waals surface area (Å²) < 4.78 is 6.71. The molecule has 3 heteroatoms. The predicted molar refractivity (Wildman–Crippen MR) is 87.4 cm³/mol. The van der Waals surface area contributed by atoms with E-state index in [0.717, 1.165) is 10.2 Å². The first-order valence-corrected chi connectivity index (χ1v) is 7.61. The minimum atomic E-state index is 0.144. The lowest BCUT2D eigenvalue weighted by Gasteiger charge is -2.20. The molecule has 0 bridgehead atoms. The minimum absolute atomic E-state index is 0.144. The van der Waals surface area contributed by atoms with Crippen LogP contribution in [0.4, 0.5) is 0 Å². The maximum atomic E-state index is 5.59. The summed E-state index contributed by atoms with van der Waals surface area (Å²) in [6.07, 6.45) is 0. The van der Waals surface area contributed by atoms with Crippen LogP contribution in [0.1, 0.15) is 29.7 Å². The van der Waals surface area contributed by atoms with Gasteiger partial charge in [-0.05, 0) is 55.8 Å². The second-order valence-corrected chi connectivity index (χ2v) is 5.61. The van der Waals surface area contributed by atoms with Gasteiger partial charge >= 0.3 is 0 Å². The van der Waals surface area contributed by atoms with E-state index >= 15 is 0 Å². The molecule has 20 heavy (non-hydrogen) atoms. The number of ether oxygens (including phenoxy) is 1. The van der Waals surface area contributed by atoms with E-state index in [-0.39, 0.29) is 6.04 Å². The van der Waals surface area contributed by atoms with Crippen LogP contribution >= 0.6 is 15.9 Å². The fourth-order valence-electron chi connectivity index (χ4n) is 2.32. The fraction of sp³-hybridized carbons (Fsp3) is 0.294. The third-order valence-corrected chi connectivity index (χ3v) is 3.94. The van der Waals surface area contributed by atoms with Crippen molar-refractivity contribution in [3.05, 3.63) is 63.6 Å². The first kappa shape index (κ1) is 15.1. The topological polar surface area (TPSA) is 21.3 Å². The summed E-state index contributed by atoms with van der Waals surface area (Å²) in [7, 11) is 1.98. The Morgan fingerprint density at radius 1 is 1.20 bits per heavy atom. The number of benzene rings is 2. The first-order valence-electron chi connectivity index (χ1n) is 6.81. The summed E-state index contributed by atoms with van der Waals surface area (Å²) in [6, 6.07) is 14.8. The van der Waals surface area contributed by atoms with Gasteiger partial charge in [0.05, 0.1) is 12.6 Å². The molecule has 1 unspecified atom stereocenters. The van der Waals surface area contributed by atoms with E-state index in [0.29, 0.717) is 6.61 Å². The van der Waals surface area contributed by atoms with Crippen LogP contribution in [0.2, 0.25) is 0 Å². The smallest absolute Gasteiger partial charge is 0.119 e. The van der Waals surface area contributed by atoms with Crippen molar-refractivity contribution in [1.29, 1.82) is 0 Å². The first-order chi connectivity index (χ1) is 9.65. The Labute approximate surface area is 129 Å². The number of hydrogen-bond acceptors (Lipinski definition) is 2. The molecule has 2 rings (SSSR count). The summed E-state index contributed by atoms with van der Waals surface area (Å²) in [4.78, 5) is 0.